The van der Waals surface area contributed by atoms with Gasteiger partial charge in [0.25, 0.3) is 0 Å². The molecule has 0 saturated carbocycles. The van der Waals surface area contributed by atoms with E-state index in [2.05, 4.69) is 5.16 Å². The van der Waals surface area contributed by atoms with Gasteiger partial charge in [-0.05, 0) is 12.1 Å². The Hall–Kier alpha value is -1.02. The highest BCUT2D eigenvalue weighted by molar-refractivity contribution is 5.85. The quantitative estimate of drug-likeness (QED) is 0.583. The van der Waals surface area contributed by atoms with Crippen LogP contribution in [0.4, 0.5) is 0 Å². The number of hydrogen-bond acceptors (Lipinski definition) is 2. The van der Waals surface area contributed by atoms with Crippen LogP contribution >= 0.6 is 12.4 Å². The van der Waals surface area contributed by atoms with E-state index >= 15 is 0 Å². The zero-order valence-electron chi connectivity index (χ0n) is 5.15. The molecule has 52 valence electrons. The Morgan fingerprint density at radius 3 is 2.80 bits per heavy atom. The van der Waals surface area contributed by atoms with Crippen molar-refractivity contribution >= 4 is 23.4 Å². The predicted molar refractivity (Wildman–Crippen MR) is 41.3 cm³/mol. The second-order valence-corrected chi connectivity index (χ2v) is 1.86. The van der Waals surface area contributed by atoms with Gasteiger partial charge in [-0.25, -0.2) is 0 Å². The maximum absolute atomic E-state index is 4.87. The number of aromatic nitrogens is 1. The fourth-order valence-electron chi connectivity index (χ4n) is 0.810. The summed E-state index contributed by atoms with van der Waals surface area (Å²) in [5.74, 6) is 0. The van der Waals surface area contributed by atoms with Crippen LogP contribution in [0.5, 0.6) is 0 Å². The van der Waals surface area contributed by atoms with Gasteiger partial charge in [0.1, 0.15) is 0 Å². The van der Waals surface area contributed by atoms with Crippen LogP contribution in [0, 0.1) is 0 Å². The Morgan fingerprint density at radius 2 is 2.00 bits per heavy atom. The van der Waals surface area contributed by atoms with Crippen molar-refractivity contribution < 1.29 is 4.52 Å². The monoisotopic (exact) mass is 155 g/mol. The Bertz CT molecular complexity index is 288. The average Bonchev–Trinajstić information content (AvgIpc) is 2.33. The zero-order chi connectivity index (χ0) is 6.10. The van der Waals surface area contributed by atoms with Gasteiger partial charge >= 0.3 is 0 Å². The molecule has 0 amide bonds. The lowest BCUT2D eigenvalue weighted by Gasteiger charge is -1.78. The van der Waals surface area contributed by atoms with E-state index in [0.717, 1.165) is 11.0 Å². The van der Waals surface area contributed by atoms with Gasteiger partial charge in [-0.2, -0.15) is 0 Å². The molecule has 2 nitrogen and oxygen atoms in total. The van der Waals surface area contributed by atoms with E-state index in [4.69, 9.17) is 4.52 Å². The molecule has 0 unspecified atom stereocenters. The number of fused-ring (bicyclic) bond motifs is 1. The highest BCUT2D eigenvalue weighted by atomic mass is 35.5. The normalized spacial score (nSPS) is 9.20. The van der Waals surface area contributed by atoms with Gasteiger partial charge < -0.3 is 4.52 Å². The molecule has 2 rings (SSSR count). The molecule has 2 aromatic rings. The van der Waals surface area contributed by atoms with Crippen LogP contribution in [0.15, 0.2) is 35.0 Å². The lowest BCUT2D eigenvalue weighted by molar-refractivity contribution is 0.456. The van der Waals surface area contributed by atoms with Gasteiger partial charge in [0.15, 0.2) is 5.58 Å². The van der Waals surface area contributed by atoms with E-state index in [-0.39, 0.29) is 12.4 Å². The number of halogens is 1. The molecule has 1 aromatic carbocycles. The van der Waals surface area contributed by atoms with Crippen LogP contribution < -0.4 is 0 Å². The molecule has 0 radical (unpaired) electrons. The number of para-hydroxylation sites is 1. The second kappa shape index (κ2) is 2.71. The Morgan fingerprint density at radius 1 is 1.20 bits per heavy atom. The van der Waals surface area contributed by atoms with E-state index in [1.54, 1.807) is 6.20 Å². The summed E-state index contributed by atoms with van der Waals surface area (Å²) < 4.78 is 4.87. The Labute approximate surface area is 64.2 Å². The minimum absolute atomic E-state index is 0. The van der Waals surface area contributed by atoms with Crippen LogP contribution in [0.1, 0.15) is 0 Å². The van der Waals surface area contributed by atoms with Crippen molar-refractivity contribution in [3.05, 3.63) is 30.5 Å². The van der Waals surface area contributed by atoms with Gasteiger partial charge in [-0.3, -0.25) is 0 Å². The third-order valence-electron chi connectivity index (χ3n) is 1.26. The first-order valence-electron chi connectivity index (χ1n) is 2.76. The third-order valence-corrected chi connectivity index (χ3v) is 1.26. The van der Waals surface area contributed by atoms with Crippen molar-refractivity contribution in [1.82, 2.24) is 5.16 Å². The highest BCUT2D eigenvalue weighted by Gasteiger charge is 1.91. The molecule has 0 atom stereocenters. The molecule has 0 fully saturated rings. The van der Waals surface area contributed by atoms with Crippen molar-refractivity contribution in [2.75, 3.05) is 0 Å². The average molecular weight is 156 g/mol. The first-order valence-corrected chi connectivity index (χ1v) is 2.76. The van der Waals surface area contributed by atoms with Crippen molar-refractivity contribution in [3.63, 3.8) is 0 Å². The molecule has 10 heavy (non-hydrogen) atoms. The van der Waals surface area contributed by atoms with Gasteiger partial charge in [0, 0.05) is 5.39 Å². The van der Waals surface area contributed by atoms with Gasteiger partial charge in [0.05, 0.1) is 6.20 Å². The minimum Gasteiger partial charge on any atom is -0.356 e. The molecular formula is C7H6ClNO. The molecule has 0 spiro atoms. The number of hydrogen-bond donors (Lipinski definition) is 0. The summed E-state index contributed by atoms with van der Waals surface area (Å²) in [6.07, 6.45) is 1.70. The molecule has 0 aliphatic heterocycles. The minimum atomic E-state index is 0. The molecule has 0 N–H and O–H groups in total. The van der Waals surface area contributed by atoms with Crippen LogP contribution in [-0.4, -0.2) is 5.16 Å². The number of benzene rings is 1. The molecule has 3 heteroatoms. The lowest BCUT2D eigenvalue weighted by atomic mass is 10.3. The standard InChI is InChI=1S/C7H5NO.ClH/c1-2-4-7-6(3-1)5-8-9-7;/h1-5H;1H. The molecule has 0 bridgehead atoms. The summed E-state index contributed by atoms with van der Waals surface area (Å²) in [7, 11) is 0. The first-order chi connectivity index (χ1) is 4.47. The Balaban J connectivity index is 0.000000500. The number of rotatable bonds is 0. The van der Waals surface area contributed by atoms with Crippen molar-refractivity contribution in [3.8, 4) is 0 Å². The van der Waals surface area contributed by atoms with E-state index in [9.17, 15) is 0 Å². The van der Waals surface area contributed by atoms with E-state index < -0.39 is 0 Å². The van der Waals surface area contributed by atoms with Crippen molar-refractivity contribution in [1.29, 1.82) is 0 Å². The molecule has 0 saturated heterocycles. The summed E-state index contributed by atoms with van der Waals surface area (Å²) in [6, 6.07) is 7.74. The zero-order valence-corrected chi connectivity index (χ0v) is 5.97. The maximum Gasteiger partial charge on any atom is 0.166 e. The van der Waals surface area contributed by atoms with Crippen molar-refractivity contribution in [2.24, 2.45) is 0 Å². The molecular weight excluding hydrogens is 150 g/mol. The molecule has 0 aliphatic rings. The van der Waals surface area contributed by atoms with E-state index in [1.807, 2.05) is 24.3 Å². The third kappa shape index (κ3) is 0.977. The fraction of sp³-hybridized carbons (Fsp3) is 0. The number of nitrogens with zero attached hydrogens (tertiary/aromatic N) is 1. The summed E-state index contributed by atoms with van der Waals surface area (Å²) in [6.45, 7) is 0. The predicted octanol–water partition coefficient (Wildman–Crippen LogP) is 2.25. The lowest BCUT2D eigenvalue weighted by Crippen LogP contribution is -1.57. The Kier molecular flexibility index (Phi) is 1.92. The van der Waals surface area contributed by atoms with E-state index in [1.165, 1.54) is 0 Å². The van der Waals surface area contributed by atoms with Gasteiger partial charge in [0.2, 0.25) is 0 Å². The fourth-order valence-corrected chi connectivity index (χ4v) is 0.810. The first kappa shape index (κ1) is 7.09. The molecule has 1 heterocycles. The summed E-state index contributed by atoms with van der Waals surface area (Å²) in [4.78, 5) is 0. The topological polar surface area (TPSA) is 26.0 Å². The summed E-state index contributed by atoms with van der Waals surface area (Å²) in [5.41, 5.74) is 0.845. The van der Waals surface area contributed by atoms with Crippen LogP contribution in [0.25, 0.3) is 11.0 Å². The van der Waals surface area contributed by atoms with Gasteiger partial charge in [-0.15, -0.1) is 12.4 Å². The smallest absolute Gasteiger partial charge is 0.166 e. The summed E-state index contributed by atoms with van der Waals surface area (Å²) >= 11 is 0. The van der Waals surface area contributed by atoms with Crippen LogP contribution in [0.3, 0.4) is 0 Å². The molecule has 1 aromatic heterocycles. The van der Waals surface area contributed by atoms with Crippen LogP contribution in [0.2, 0.25) is 0 Å². The molecule has 0 aliphatic carbocycles. The highest BCUT2D eigenvalue weighted by Crippen LogP contribution is 2.10. The van der Waals surface area contributed by atoms with E-state index in [0.29, 0.717) is 0 Å². The van der Waals surface area contributed by atoms with Gasteiger partial charge in [-0.1, -0.05) is 17.3 Å². The SMILES string of the molecule is Cl.c1ccc2oncc2c1. The van der Waals surface area contributed by atoms with Crippen molar-refractivity contribution in [2.45, 2.75) is 0 Å². The van der Waals surface area contributed by atoms with Crippen LogP contribution in [-0.2, 0) is 0 Å². The maximum atomic E-state index is 4.87. The summed E-state index contributed by atoms with van der Waals surface area (Å²) in [5, 5.41) is 4.68. The largest absolute Gasteiger partial charge is 0.356 e. The second-order valence-electron chi connectivity index (χ2n) is 1.86.